The topological polar surface area (TPSA) is 19.4 Å². The molecular formula is C140H102N6. The van der Waals surface area contributed by atoms with Gasteiger partial charge in [-0.3, -0.25) is 0 Å². The van der Waals surface area contributed by atoms with Crippen molar-refractivity contribution < 1.29 is 0 Å². The van der Waals surface area contributed by atoms with Crippen LogP contribution in [-0.4, -0.2) is 21.1 Å². The first kappa shape index (κ1) is 88.5. The molecule has 0 bridgehead atoms. The lowest BCUT2D eigenvalue weighted by molar-refractivity contribution is 1.20. The molecule has 0 aliphatic rings. The van der Waals surface area contributed by atoms with Crippen molar-refractivity contribution >= 4 is 215 Å². The van der Waals surface area contributed by atoms with Crippen LogP contribution in [0.1, 0.15) is 5.56 Å². The van der Waals surface area contributed by atoms with Crippen molar-refractivity contribution in [2.75, 3.05) is 50.5 Å². The van der Waals surface area contributed by atoms with E-state index in [1.807, 2.05) is 0 Å². The Bertz CT molecular complexity index is 9270. The highest BCUT2D eigenvalue weighted by Crippen LogP contribution is 2.49. The maximum Gasteiger partial charge on any atom is 0.0494 e. The van der Waals surface area contributed by atoms with Crippen LogP contribution in [-0.2, 0) is 0 Å². The van der Waals surface area contributed by atoms with Gasteiger partial charge in [-0.1, -0.05) is 382 Å². The van der Waals surface area contributed by atoms with Gasteiger partial charge in [-0.2, -0.15) is 0 Å². The molecule has 27 aromatic rings. The smallest absolute Gasteiger partial charge is 0.0494 e. The number of rotatable bonds is 18. The van der Waals surface area contributed by atoms with Crippen LogP contribution in [0.25, 0.3) is 163 Å². The molecule has 0 radical (unpaired) electrons. The molecule has 0 aromatic heterocycles. The van der Waals surface area contributed by atoms with E-state index in [0.717, 1.165) is 68.2 Å². The molecule has 6 nitrogen and oxygen atoms in total. The maximum atomic E-state index is 2.36. The van der Waals surface area contributed by atoms with Gasteiger partial charge in [0.25, 0.3) is 0 Å². The first-order chi connectivity index (χ1) is 72.0. The molecule has 0 fully saturated rings. The van der Waals surface area contributed by atoms with Gasteiger partial charge >= 0.3 is 0 Å². The highest BCUT2D eigenvalue weighted by atomic mass is 15.2. The van der Waals surface area contributed by atoms with Crippen molar-refractivity contribution in [3.05, 3.63) is 552 Å². The van der Waals surface area contributed by atoms with Crippen LogP contribution in [0.4, 0.5) is 85.3 Å². The van der Waals surface area contributed by atoms with Gasteiger partial charge in [0.1, 0.15) is 0 Å². The van der Waals surface area contributed by atoms with E-state index in [9.17, 15) is 0 Å². The quantitative estimate of drug-likeness (QED) is 0.0625. The minimum Gasteiger partial charge on any atom is -0.345 e. The highest BCUT2D eigenvalue weighted by Gasteiger charge is 2.23. The standard InChI is InChI=1S/C53H36N2.C47H34N2.C40H32N2/c1-54(51-32-31-49-47-16-7-14-39-13-6-15-46(52(39)47)48-17-8-18-50(51)53(48)49)42-25-19-37(20-26-42)38-21-27-43(28-22-38)55(44-29-23-35-9-2-4-11-40(35)33-44)45-30-24-36-10-3-5-12-41(36)34-45;1-48(47-32-39-14-6-7-15-44(39)45-16-8-9-17-46(45)47)40-24-18-35(19-25-40)36-20-26-41(27-21-36)49(42-28-22-33-10-2-4-12-37(33)30-42)43-29-23-34-11-3-5-13-38(34)31-43;1-29-11-19-36(20-12-29)41(2)37-21-13-32(14-22-37)33-15-23-38(24-16-33)42(39-25-17-30-7-3-5-9-34(30)27-39)40-26-18-31-8-4-6-10-35(31)28-40/h2-34H,1H3;2-32H,1H3;3-28H,1-2H3. The average molecular weight is 1870 g/mol. The second kappa shape index (κ2) is 38.3. The van der Waals surface area contributed by atoms with Crippen molar-refractivity contribution in [1.82, 2.24) is 0 Å². The lowest BCUT2D eigenvalue weighted by Crippen LogP contribution is -2.10. The Morgan fingerprint density at radius 3 is 0.685 bits per heavy atom. The molecule has 692 valence electrons. The van der Waals surface area contributed by atoms with Crippen molar-refractivity contribution in [3.63, 3.8) is 0 Å². The third-order valence-corrected chi connectivity index (χ3v) is 29.5. The zero-order chi connectivity index (χ0) is 97.7. The van der Waals surface area contributed by atoms with Crippen molar-refractivity contribution in [2.24, 2.45) is 0 Å². The number of aryl methyl sites for hydroxylation is 1. The minimum atomic E-state index is 1.12. The Balaban J connectivity index is 0.000000115. The molecule has 0 saturated carbocycles. The summed E-state index contributed by atoms with van der Waals surface area (Å²) in [5.41, 5.74) is 25.6. The lowest BCUT2D eigenvalue weighted by atomic mass is 9.89. The van der Waals surface area contributed by atoms with E-state index < -0.39 is 0 Å². The number of fused-ring (bicyclic) bond motifs is 11. The Morgan fingerprint density at radius 2 is 0.349 bits per heavy atom. The van der Waals surface area contributed by atoms with E-state index in [-0.39, 0.29) is 0 Å². The van der Waals surface area contributed by atoms with Gasteiger partial charge in [0.05, 0.1) is 0 Å². The van der Waals surface area contributed by atoms with E-state index >= 15 is 0 Å². The fourth-order valence-electron chi connectivity index (χ4n) is 21.7. The predicted molar refractivity (Wildman–Crippen MR) is 629 cm³/mol. The molecule has 0 heterocycles. The van der Waals surface area contributed by atoms with Crippen molar-refractivity contribution in [3.8, 4) is 33.4 Å². The number of anilines is 15. The summed E-state index contributed by atoms with van der Waals surface area (Å²) in [5.74, 6) is 0. The van der Waals surface area contributed by atoms with E-state index in [2.05, 4.69) is 603 Å². The molecule has 0 atom stereocenters. The van der Waals surface area contributed by atoms with Crippen LogP contribution >= 0.6 is 0 Å². The second-order valence-corrected chi connectivity index (χ2v) is 38.2. The van der Waals surface area contributed by atoms with E-state index in [1.54, 1.807) is 0 Å². The SMILES string of the molecule is CN(c1ccc(-c2ccc(N(c3ccc4ccccc4c3)c3ccc4ccccc4c3)cc2)cc1)c1cc2ccccc2c2ccccc12.CN(c1ccc(-c2ccc(N(c3ccc4ccccc4c3)c3ccc4ccccc4c3)cc2)cc1)c1ccc2c3cccc4cccc(c5cccc1c52)c43.Cc1ccc(N(C)c2ccc(-c3ccc(N(c4ccc5ccccc5c4)c4ccc5ccccc5c4)cc3)cc2)cc1. The molecule has 27 rings (SSSR count). The van der Waals surface area contributed by atoms with Gasteiger partial charge in [-0.25, -0.2) is 0 Å². The van der Waals surface area contributed by atoms with Crippen LogP contribution in [0.3, 0.4) is 0 Å². The molecule has 0 unspecified atom stereocenters. The van der Waals surface area contributed by atoms with Gasteiger partial charge in [-0.05, 0) is 329 Å². The Morgan fingerprint density at radius 1 is 0.123 bits per heavy atom. The zero-order valence-electron chi connectivity index (χ0n) is 81.6. The maximum absolute atomic E-state index is 2.36. The number of hydrogen-bond acceptors (Lipinski definition) is 6. The summed E-state index contributed by atoms with van der Waals surface area (Å²) in [4.78, 5) is 13.9. The predicted octanol–water partition coefficient (Wildman–Crippen LogP) is 39.4. The summed E-state index contributed by atoms with van der Waals surface area (Å²) in [6, 6.07) is 198. The van der Waals surface area contributed by atoms with Gasteiger partial charge in [0, 0.05) is 117 Å². The van der Waals surface area contributed by atoms with Gasteiger partial charge in [-0.15, -0.1) is 0 Å². The van der Waals surface area contributed by atoms with E-state index in [0.29, 0.717) is 0 Å². The Hall–Kier alpha value is -18.9. The molecule has 0 amide bonds. The second-order valence-electron chi connectivity index (χ2n) is 38.2. The number of benzene rings is 27. The zero-order valence-corrected chi connectivity index (χ0v) is 81.6. The Kier molecular flexibility index (Phi) is 23.2. The largest absolute Gasteiger partial charge is 0.345 e. The number of hydrogen-bond donors (Lipinski definition) is 0. The van der Waals surface area contributed by atoms with E-state index in [1.165, 1.54) is 185 Å². The van der Waals surface area contributed by atoms with Crippen LogP contribution in [0.15, 0.2) is 546 Å². The third-order valence-electron chi connectivity index (χ3n) is 29.5. The first-order valence-corrected chi connectivity index (χ1v) is 50.2. The highest BCUT2D eigenvalue weighted by molar-refractivity contribution is 6.34. The monoisotopic (exact) mass is 1870 g/mol. The molecule has 6 heteroatoms. The lowest BCUT2D eigenvalue weighted by Gasteiger charge is -2.26. The first-order valence-electron chi connectivity index (χ1n) is 50.2. The minimum absolute atomic E-state index is 1.12. The molecular weight excluding hydrogens is 1770 g/mol. The number of nitrogens with zero attached hydrogens (tertiary/aromatic N) is 6. The summed E-state index contributed by atoms with van der Waals surface area (Å²) in [7, 11) is 6.46. The summed E-state index contributed by atoms with van der Waals surface area (Å²) in [5, 5.41) is 30.4. The normalized spacial score (nSPS) is 11.4. The molecule has 0 spiro atoms. The average Bonchev–Trinajstić information content (AvgIpc) is 0.713. The van der Waals surface area contributed by atoms with Crippen LogP contribution in [0, 0.1) is 6.92 Å². The van der Waals surface area contributed by atoms with Crippen LogP contribution in [0.2, 0.25) is 0 Å². The fraction of sp³-hybridized carbons (Fsp3) is 0.0286. The summed E-state index contributed by atoms with van der Waals surface area (Å²) >= 11 is 0. The summed E-state index contributed by atoms with van der Waals surface area (Å²) in [6.45, 7) is 2.12. The summed E-state index contributed by atoms with van der Waals surface area (Å²) in [6.07, 6.45) is 0. The molecule has 0 N–H and O–H groups in total. The van der Waals surface area contributed by atoms with Crippen molar-refractivity contribution in [1.29, 1.82) is 0 Å². The van der Waals surface area contributed by atoms with Crippen molar-refractivity contribution in [2.45, 2.75) is 6.92 Å². The third kappa shape index (κ3) is 17.1. The Labute approximate surface area is 850 Å². The van der Waals surface area contributed by atoms with Crippen LogP contribution in [0.5, 0.6) is 0 Å². The molecule has 0 aliphatic heterocycles. The molecule has 0 saturated heterocycles. The molecule has 27 aromatic carbocycles. The summed E-state index contributed by atoms with van der Waals surface area (Å²) < 4.78 is 0. The van der Waals surface area contributed by atoms with Crippen LogP contribution < -0.4 is 29.4 Å². The van der Waals surface area contributed by atoms with E-state index in [4.69, 9.17) is 0 Å². The van der Waals surface area contributed by atoms with Gasteiger partial charge < -0.3 is 29.4 Å². The fourth-order valence-corrected chi connectivity index (χ4v) is 21.7. The molecule has 146 heavy (non-hydrogen) atoms. The molecule has 0 aliphatic carbocycles. The van der Waals surface area contributed by atoms with Gasteiger partial charge in [0.15, 0.2) is 0 Å². The van der Waals surface area contributed by atoms with Gasteiger partial charge in [0.2, 0.25) is 0 Å².